The van der Waals surface area contributed by atoms with E-state index in [0.29, 0.717) is 24.5 Å². The minimum absolute atomic E-state index is 0.429. The Morgan fingerprint density at radius 1 is 1.05 bits per heavy atom. The highest BCUT2D eigenvalue weighted by Crippen LogP contribution is 2.24. The monoisotopic (exact) mass is 270 g/mol. The third kappa shape index (κ3) is 3.85. The molecule has 2 aromatic rings. The third-order valence-electron chi connectivity index (χ3n) is 2.82. The molecule has 0 unspecified atom stereocenters. The predicted molar refractivity (Wildman–Crippen MR) is 78.4 cm³/mol. The van der Waals surface area contributed by atoms with Crippen LogP contribution in [0.4, 0.5) is 0 Å². The second-order valence-electron chi connectivity index (χ2n) is 4.44. The van der Waals surface area contributed by atoms with Crippen LogP contribution in [0, 0.1) is 0 Å². The Morgan fingerprint density at radius 3 is 2.55 bits per heavy atom. The van der Waals surface area contributed by atoms with Crippen molar-refractivity contribution in [3.8, 4) is 11.5 Å². The summed E-state index contributed by atoms with van der Waals surface area (Å²) in [6, 6.07) is 15.1. The van der Waals surface area contributed by atoms with Crippen LogP contribution in [0.25, 0.3) is 0 Å². The van der Waals surface area contributed by atoms with Crippen molar-refractivity contribution in [2.75, 3.05) is 6.61 Å². The van der Waals surface area contributed by atoms with Crippen LogP contribution in [-0.4, -0.2) is 12.9 Å². The lowest BCUT2D eigenvalue weighted by Crippen LogP contribution is -2.00. The summed E-state index contributed by atoms with van der Waals surface area (Å²) in [5, 5.41) is 0. The van der Waals surface area contributed by atoms with Crippen LogP contribution in [0.3, 0.4) is 0 Å². The van der Waals surface area contributed by atoms with Gasteiger partial charge in [-0.1, -0.05) is 37.3 Å². The molecule has 2 aromatic carbocycles. The van der Waals surface area contributed by atoms with Gasteiger partial charge in [0.05, 0.1) is 12.2 Å². The zero-order valence-corrected chi connectivity index (χ0v) is 11.5. The molecule has 0 atom stereocenters. The molecule has 0 spiro atoms. The zero-order chi connectivity index (χ0) is 14.2. The van der Waals surface area contributed by atoms with Crippen LogP contribution in [0.15, 0.2) is 48.5 Å². The molecule has 0 N–H and O–H groups in total. The first-order chi connectivity index (χ1) is 9.83. The first-order valence-corrected chi connectivity index (χ1v) is 6.72. The fourth-order valence-electron chi connectivity index (χ4n) is 1.78. The van der Waals surface area contributed by atoms with Crippen LogP contribution in [0.1, 0.15) is 29.3 Å². The quantitative estimate of drug-likeness (QED) is 0.716. The van der Waals surface area contributed by atoms with Gasteiger partial charge >= 0.3 is 0 Å². The highest BCUT2D eigenvalue weighted by Gasteiger charge is 2.06. The first-order valence-electron chi connectivity index (χ1n) is 6.72. The topological polar surface area (TPSA) is 35.5 Å². The molecule has 0 aliphatic rings. The van der Waals surface area contributed by atoms with Crippen molar-refractivity contribution in [3.63, 3.8) is 0 Å². The molecule has 20 heavy (non-hydrogen) atoms. The second-order valence-corrected chi connectivity index (χ2v) is 4.44. The summed E-state index contributed by atoms with van der Waals surface area (Å²) in [6.45, 7) is 3.13. The number of rotatable bonds is 7. The van der Waals surface area contributed by atoms with E-state index >= 15 is 0 Å². The normalized spacial score (nSPS) is 10.1. The average Bonchev–Trinajstić information content (AvgIpc) is 2.52. The van der Waals surface area contributed by atoms with E-state index in [0.717, 1.165) is 24.0 Å². The molecule has 3 heteroatoms. The summed E-state index contributed by atoms with van der Waals surface area (Å²) < 4.78 is 11.3. The maximum absolute atomic E-state index is 11.0. The van der Waals surface area contributed by atoms with Crippen molar-refractivity contribution >= 4 is 6.29 Å². The molecule has 0 aliphatic heterocycles. The van der Waals surface area contributed by atoms with Gasteiger partial charge in [-0.25, -0.2) is 0 Å². The molecule has 0 fully saturated rings. The van der Waals surface area contributed by atoms with Gasteiger partial charge in [-0.15, -0.1) is 0 Å². The van der Waals surface area contributed by atoms with E-state index in [1.165, 1.54) is 0 Å². The van der Waals surface area contributed by atoms with Crippen LogP contribution in [-0.2, 0) is 6.61 Å². The standard InChI is InChI=1S/C17H18O3/c1-2-10-19-16-9-8-15(12-18)17(11-16)20-13-14-6-4-3-5-7-14/h3-9,11-12H,2,10,13H2,1H3. The van der Waals surface area contributed by atoms with Crippen molar-refractivity contribution in [1.29, 1.82) is 0 Å². The van der Waals surface area contributed by atoms with E-state index in [4.69, 9.17) is 9.47 Å². The Kier molecular flexibility index (Phi) is 5.18. The molecule has 3 nitrogen and oxygen atoms in total. The summed E-state index contributed by atoms with van der Waals surface area (Å²) in [5.74, 6) is 1.28. The average molecular weight is 270 g/mol. The molecule has 2 rings (SSSR count). The van der Waals surface area contributed by atoms with Crippen LogP contribution in [0.2, 0.25) is 0 Å². The molecule has 104 valence electrons. The van der Waals surface area contributed by atoms with Crippen molar-refractivity contribution in [2.24, 2.45) is 0 Å². The van der Waals surface area contributed by atoms with E-state index in [1.54, 1.807) is 18.2 Å². The summed E-state index contributed by atoms with van der Waals surface area (Å²) >= 11 is 0. The van der Waals surface area contributed by atoms with E-state index in [2.05, 4.69) is 0 Å². The van der Waals surface area contributed by atoms with Crippen molar-refractivity contribution in [1.82, 2.24) is 0 Å². The lowest BCUT2D eigenvalue weighted by atomic mass is 10.2. The number of benzene rings is 2. The molecular formula is C17H18O3. The Hall–Kier alpha value is -2.29. The summed E-state index contributed by atoms with van der Waals surface area (Å²) in [5.41, 5.74) is 1.59. The highest BCUT2D eigenvalue weighted by atomic mass is 16.5. The lowest BCUT2D eigenvalue weighted by Gasteiger charge is -2.11. The molecule has 0 saturated heterocycles. The molecule has 0 aliphatic carbocycles. The van der Waals surface area contributed by atoms with Gasteiger partial charge < -0.3 is 9.47 Å². The molecular weight excluding hydrogens is 252 g/mol. The second kappa shape index (κ2) is 7.34. The summed E-state index contributed by atoms with van der Waals surface area (Å²) in [4.78, 5) is 11.0. The lowest BCUT2D eigenvalue weighted by molar-refractivity contribution is 0.111. The van der Waals surface area contributed by atoms with E-state index in [9.17, 15) is 4.79 Å². The Balaban J connectivity index is 2.09. The van der Waals surface area contributed by atoms with Crippen molar-refractivity contribution in [3.05, 3.63) is 59.7 Å². The van der Waals surface area contributed by atoms with Crippen LogP contribution in [0.5, 0.6) is 11.5 Å². The molecule has 0 radical (unpaired) electrons. The van der Waals surface area contributed by atoms with E-state index in [-0.39, 0.29) is 0 Å². The smallest absolute Gasteiger partial charge is 0.153 e. The molecule has 0 aromatic heterocycles. The molecule has 0 saturated carbocycles. The van der Waals surface area contributed by atoms with Crippen molar-refractivity contribution in [2.45, 2.75) is 20.0 Å². The predicted octanol–water partition coefficient (Wildman–Crippen LogP) is 3.87. The minimum Gasteiger partial charge on any atom is -0.493 e. The van der Waals surface area contributed by atoms with Crippen molar-refractivity contribution < 1.29 is 14.3 Å². The van der Waals surface area contributed by atoms with Gasteiger partial charge in [0, 0.05) is 6.07 Å². The summed E-state index contributed by atoms with van der Waals surface area (Å²) in [6.07, 6.45) is 1.74. The summed E-state index contributed by atoms with van der Waals surface area (Å²) in [7, 11) is 0. The third-order valence-corrected chi connectivity index (χ3v) is 2.82. The largest absolute Gasteiger partial charge is 0.493 e. The van der Waals surface area contributed by atoms with Gasteiger partial charge in [0.25, 0.3) is 0 Å². The minimum atomic E-state index is 0.429. The van der Waals surface area contributed by atoms with Gasteiger partial charge in [0.15, 0.2) is 6.29 Å². The SMILES string of the molecule is CCCOc1ccc(C=O)c(OCc2ccccc2)c1. The Morgan fingerprint density at radius 2 is 1.85 bits per heavy atom. The Bertz CT molecular complexity index is 549. The maximum atomic E-state index is 11.0. The zero-order valence-electron chi connectivity index (χ0n) is 11.5. The Labute approximate surface area is 119 Å². The van der Waals surface area contributed by atoms with Crippen LogP contribution >= 0.6 is 0 Å². The van der Waals surface area contributed by atoms with Gasteiger partial charge in [-0.2, -0.15) is 0 Å². The molecule has 0 bridgehead atoms. The molecule has 0 heterocycles. The highest BCUT2D eigenvalue weighted by molar-refractivity contribution is 5.79. The maximum Gasteiger partial charge on any atom is 0.153 e. The van der Waals surface area contributed by atoms with Gasteiger partial charge in [-0.05, 0) is 24.1 Å². The molecule has 0 amide bonds. The van der Waals surface area contributed by atoms with Gasteiger partial charge in [-0.3, -0.25) is 4.79 Å². The number of carbonyl (C=O) groups is 1. The van der Waals surface area contributed by atoms with E-state index in [1.807, 2.05) is 37.3 Å². The van der Waals surface area contributed by atoms with Gasteiger partial charge in [0.2, 0.25) is 0 Å². The fourth-order valence-corrected chi connectivity index (χ4v) is 1.78. The van der Waals surface area contributed by atoms with Gasteiger partial charge in [0.1, 0.15) is 18.1 Å². The number of ether oxygens (including phenoxy) is 2. The van der Waals surface area contributed by atoms with Crippen LogP contribution < -0.4 is 9.47 Å². The number of carbonyl (C=O) groups excluding carboxylic acids is 1. The number of aldehydes is 1. The number of hydrogen-bond acceptors (Lipinski definition) is 3. The first kappa shape index (κ1) is 14.1. The van der Waals surface area contributed by atoms with E-state index < -0.39 is 0 Å². The number of hydrogen-bond donors (Lipinski definition) is 0. The fraction of sp³-hybridized carbons (Fsp3) is 0.235.